The normalized spacial score (nSPS) is 20.4. The summed E-state index contributed by atoms with van der Waals surface area (Å²) in [5.41, 5.74) is 1.85. The van der Waals surface area contributed by atoms with Crippen molar-refractivity contribution in [3.63, 3.8) is 0 Å². The van der Waals surface area contributed by atoms with Crippen molar-refractivity contribution in [2.45, 2.75) is 17.8 Å². The molecule has 0 aromatic heterocycles. The maximum absolute atomic E-state index is 12.8. The fourth-order valence-electron chi connectivity index (χ4n) is 2.74. The van der Waals surface area contributed by atoms with Gasteiger partial charge in [0.1, 0.15) is 11.4 Å². The molecule has 5 heteroatoms. The number of rotatable bonds is 4. The van der Waals surface area contributed by atoms with Gasteiger partial charge in [-0.05, 0) is 11.1 Å². The van der Waals surface area contributed by atoms with E-state index in [9.17, 15) is 14.7 Å². The summed E-state index contributed by atoms with van der Waals surface area (Å²) in [6.45, 7) is 0. The summed E-state index contributed by atoms with van der Waals surface area (Å²) < 4.78 is 0. The molecule has 1 heterocycles. The van der Waals surface area contributed by atoms with Crippen LogP contribution in [-0.2, 0) is 16.0 Å². The smallest absolute Gasteiger partial charge is 0.327 e. The van der Waals surface area contributed by atoms with E-state index >= 15 is 0 Å². The molecule has 0 saturated carbocycles. The van der Waals surface area contributed by atoms with E-state index in [-0.39, 0.29) is 17.7 Å². The van der Waals surface area contributed by atoms with Gasteiger partial charge < -0.3 is 10.0 Å². The van der Waals surface area contributed by atoms with Gasteiger partial charge in [-0.1, -0.05) is 60.7 Å². The fourth-order valence-corrected chi connectivity index (χ4v) is 4.18. The molecule has 0 bridgehead atoms. The summed E-state index contributed by atoms with van der Waals surface area (Å²) in [5, 5.41) is 9.21. The molecule has 4 nitrogen and oxygen atoms in total. The lowest BCUT2D eigenvalue weighted by Crippen LogP contribution is -2.43. The zero-order valence-electron chi connectivity index (χ0n) is 12.5. The Morgan fingerprint density at radius 2 is 1.65 bits per heavy atom. The van der Waals surface area contributed by atoms with Gasteiger partial charge in [0.2, 0.25) is 5.91 Å². The van der Waals surface area contributed by atoms with Crippen LogP contribution < -0.4 is 0 Å². The Balaban J connectivity index is 1.86. The Morgan fingerprint density at radius 3 is 2.26 bits per heavy atom. The van der Waals surface area contributed by atoms with Crippen molar-refractivity contribution in [3.05, 3.63) is 71.8 Å². The molecule has 0 radical (unpaired) electrons. The number of amides is 1. The number of carboxylic acid groups (broad SMARTS) is 1. The average Bonchev–Trinajstić information content (AvgIpc) is 3.02. The number of hydrogen-bond acceptors (Lipinski definition) is 3. The SMILES string of the molecule is O=C(O)[C@@H]1CSC(c2ccccc2)N1C(=O)Cc1ccccc1. The van der Waals surface area contributed by atoms with Crippen LogP contribution in [0.5, 0.6) is 0 Å². The molecule has 0 spiro atoms. The molecule has 118 valence electrons. The number of carboxylic acids is 1. The highest BCUT2D eigenvalue weighted by Gasteiger charge is 2.42. The second-order valence-electron chi connectivity index (χ2n) is 5.41. The third-order valence-corrected chi connectivity index (χ3v) is 5.18. The van der Waals surface area contributed by atoms with Crippen LogP contribution in [0.2, 0.25) is 0 Å². The van der Waals surface area contributed by atoms with Gasteiger partial charge in [0.25, 0.3) is 0 Å². The number of carbonyl (C=O) groups excluding carboxylic acids is 1. The average molecular weight is 327 g/mol. The van der Waals surface area contributed by atoms with Crippen LogP contribution in [0, 0.1) is 0 Å². The van der Waals surface area contributed by atoms with Gasteiger partial charge in [0.15, 0.2) is 0 Å². The number of benzene rings is 2. The third kappa shape index (κ3) is 3.40. The minimum Gasteiger partial charge on any atom is -0.480 e. The first-order valence-electron chi connectivity index (χ1n) is 7.41. The van der Waals surface area contributed by atoms with E-state index in [1.165, 1.54) is 16.7 Å². The number of aliphatic carboxylic acids is 1. The lowest BCUT2D eigenvalue weighted by atomic mass is 10.1. The third-order valence-electron chi connectivity index (χ3n) is 3.86. The molecule has 1 saturated heterocycles. The number of carbonyl (C=O) groups is 2. The fraction of sp³-hybridized carbons (Fsp3) is 0.222. The molecule has 1 unspecified atom stereocenters. The predicted octanol–water partition coefficient (Wildman–Crippen LogP) is 2.96. The van der Waals surface area contributed by atoms with Gasteiger partial charge >= 0.3 is 5.97 Å². The Kier molecular flexibility index (Phi) is 4.67. The zero-order chi connectivity index (χ0) is 16.2. The molecule has 1 N–H and O–H groups in total. The first-order chi connectivity index (χ1) is 11.2. The molecular formula is C18H17NO3S. The van der Waals surface area contributed by atoms with E-state index in [4.69, 9.17) is 0 Å². The molecule has 1 fully saturated rings. The van der Waals surface area contributed by atoms with E-state index in [0.717, 1.165) is 11.1 Å². The molecule has 2 atom stereocenters. The molecule has 1 amide bonds. The van der Waals surface area contributed by atoms with Crippen LogP contribution in [0.15, 0.2) is 60.7 Å². The summed E-state index contributed by atoms with van der Waals surface area (Å²) in [5.74, 6) is -0.685. The highest BCUT2D eigenvalue weighted by Crippen LogP contribution is 2.41. The van der Waals surface area contributed by atoms with Crippen LogP contribution in [0.4, 0.5) is 0 Å². The van der Waals surface area contributed by atoms with Crippen LogP contribution in [0.25, 0.3) is 0 Å². The van der Waals surface area contributed by atoms with E-state index < -0.39 is 12.0 Å². The quantitative estimate of drug-likeness (QED) is 0.938. The highest BCUT2D eigenvalue weighted by atomic mass is 32.2. The van der Waals surface area contributed by atoms with Crippen molar-refractivity contribution in [1.29, 1.82) is 0 Å². The first-order valence-corrected chi connectivity index (χ1v) is 8.46. The van der Waals surface area contributed by atoms with Crippen molar-refractivity contribution in [2.24, 2.45) is 0 Å². The lowest BCUT2D eigenvalue weighted by molar-refractivity contribution is -0.148. The maximum atomic E-state index is 12.8. The summed E-state index contributed by atoms with van der Waals surface area (Å²) in [4.78, 5) is 25.8. The number of nitrogens with zero attached hydrogens (tertiary/aromatic N) is 1. The molecule has 2 aromatic carbocycles. The van der Waals surface area contributed by atoms with E-state index in [2.05, 4.69) is 0 Å². The predicted molar refractivity (Wildman–Crippen MR) is 90.1 cm³/mol. The number of hydrogen-bond donors (Lipinski definition) is 1. The Bertz CT molecular complexity index is 690. The van der Waals surface area contributed by atoms with Gasteiger partial charge in [0.05, 0.1) is 6.42 Å². The minimum atomic E-state index is -0.947. The van der Waals surface area contributed by atoms with Crippen molar-refractivity contribution in [3.8, 4) is 0 Å². The molecule has 1 aliphatic heterocycles. The van der Waals surface area contributed by atoms with Crippen molar-refractivity contribution in [1.82, 2.24) is 4.90 Å². The summed E-state index contributed by atoms with van der Waals surface area (Å²) in [6, 6.07) is 18.2. The Labute approximate surface area is 139 Å². The highest BCUT2D eigenvalue weighted by molar-refractivity contribution is 7.99. The molecule has 0 aliphatic carbocycles. The molecule has 1 aliphatic rings. The van der Waals surface area contributed by atoms with Gasteiger partial charge in [-0.15, -0.1) is 11.8 Å². The second kappa shape index (κ2) is 6.87. The monoisotopic (exact) mass is 327 g/mol. The van der Waals surface area contributed by atoms with E-state index in [1.54, 1.807) is 0 Å². The molecule has 2 aromatic rings. The Morgan fingerprint density at radius 1 is 1.04 bits per heavy atom. The van der Waals surface area contributed by atoms with Gasteiger partial charge in [-0.3, -0.25) is 4.79 Å². The second-order valence-corrected chi connectivity index (χ2v) is 6.53. The van der Waals surface area contributed by atoms with Crippen molar-refractivity contribution >= 4 is 23.6 Å². The summed E-state index contributed by atoms with van der Waals surface area (Å²) in [6.07, 6.45) is 0.217. The van der Waals surface area contributed by atoms with Gasteiger partial charge in [-0.25, -0.2) is 4.79 Å². The Hall–Kier alpha value is -2.27. The molecular weight excluding hydrogens is 310 g/mol. The zero-order valence-corrected chi connectivity index (χ0v) is 13.3. The van der Waals surface area contributed by atoms with Crippen LogP contribution in [0.1, 0.15) is 16.5 Å². The van der Waals surface area contributed by atoms with E-state index in [0.29, 0.717) is 5.75 Å². The van der Waals surface area contributed by atoms with Crippen LogP contribution >= 0.6 is 11.8 Å². The first kappa shape index (κ1) is 15.6. The van der Waals surface area contributed by atoms with Gasteiger partial charge in [0, 0.05) is 5.75 Å². The molecule has 3 rings (SSSR count). The lowest BCUT2D eigenvalue weighted by Gasteiger charge is -2.27. The maximum Gasteiger partial charge on any atom is 0.327 e. The van der Waals surface area contributed by atoms with Crippen LogP contribution in [0.3, 0.4) is 0 Å². The van der Waals surface area contributed by atoms with E-state index in [1.807, 2.05) is 60.7 Å². The number of thioether (sulfide) groups is 1. The summed E-state index contributed by atoms with van der Waals surface area (Å²) in [7, 11) is 0. The van der Waals surface area contributed by atoms with Crippen molar-refractivity contribution < 1.29 is 14.7 Å². The largest absolute Gasteiger partial charge is 0.480 e. The topological polar surface area (TPSA) is 57.6 Å². The van der Waals surface area contributed by atoms with Gasteiger partial charge in [-0.2, -0.15) is 0 Å². The minimum absolute atomic E-state index is 0.151. The summed E-state index contributed by atoms with van der Waals surface area (Å²) >= 11 is 1.50. The van der Waals surface area contributed by atoms with Crippen molar-refractivity contribution in [2.75, 3.05) is 5.75 Å². The molecule has 23 heavy (non-hydrogen) atoms. The standard InChI is InChI=1S/C18H17NO3S/c20-16(11-13-7-3-1-4-8-13)19-15(18(21)22)12-23-17(19)14-9-5-2-6-10-14/h1-10,15,17H,11-12H2,(H,21,22)/t15-,17?/m0/s1. The van der Waals surface area contributed by atoms with Crippen LogP contribution in [-0.4, -0.2) is 33.7 Å².